The number of rotatable bonds is 26. The van der Waals surface area contributed by atoms with Crippen LogP contribution in [-0.2, 0) is 18.0 Å². The van der Waals surface area contributed by atoms with Crippen molar-refractivity contribution in [1.29, 1.82) is 0 Å². The Hall–Kier alpha value is 0.0169. The van der Waals surface area contributed by atoms with Crippen LogP contribution in [0.3, 0.4) is 0 Å². The number of nitrogens with zero attached hydrogens (tertiary/aromatic N) is 1. The number of ether oxygens (including phenoxy) is 1. The molecule has 0 aromatic heterocycles. The van der Waals surface area contributed by atoms with Crippen molar-refractivity contribution in [2.24, 2.45) is 17.8 Å². The van der Waals surface area contributed by atoms with Gasteiger partial charge in [0.15, 0.2) is 0 Å². The lowest BCUT2D eigenvalue weighted by Crippen LogP contribution is -2.49. The van der Waals surface area contributed by atoms with Crippen molar-refractivity contribution in [3.8, 4) is 0 Å². The second-order valence-corrected chi connectivity index (χ2v) is 17.8. The number of quaternary nitrogens is 1. The summed E-state index contributed by atoms with van der Waals surface area (Å²) >= 11 is 0. The average Bonchev–Trinajstić information content (AvgIpc) is 3.02. The first kappa shape index (κ1) is 41.0. The third-order valence-electron chi connectivity index (χ3n) is 9.46. The van der Waals surface area contributed by atoms with Crippen LogP contribution in [0.5, 0.6) is 0 Å². The molecule has 0 aromatic carbocycles. The fourth-order valence-corrected chi connectivity index (χ4v) is 8.96. The van der Waals surface area contributed by atoms with Gasteiger partial charge in [0.25, 0.3) is 0 Å². The average molecular weight is 629 g/mol. The molecule has 1 fully saturated rings. The standard InChI is InChI=1S/C37H78NO4Si/c1-9-11-12-13-14-15-16-17-18-19-20-21-22-23-24-25-27-38(7,8)28-26-29-43(40-10-2)41-32-36(35(5)6)31-39-37(33-42-43)30-34(3)4/h34-37H,9-33H2,1-8H3/q+1. The van der Waals surface area contributed by atoms with Gasteiger partial charge < -0.3 is 22.5 Å². The van der Waals surface area contributed by atoms with Gasteiger partial charge in [-0.25, -0.2) is 0 Å². The number of unbranched alkanes of at least 4 members (excludes halogenated alkanes) is 15. The molecule has 0 radical (unpaired) electrons. The SMILES string of the molecule is CCCCCCCCCCCCCCCCCC[N+](C)(C)CCC[Si]1(OCC)OCC(CC(C)C)OCC(C(C)C)CO1. The minimum atomic E-state index is -2.74. The summed E-state index contributed by atoms with van der Waals surface area (Å²) in [5.74, 6) is 1.48. The van der Waals surface area contributed by atoms with Crippen LogP contribution in [0, 0.1) is 17.8 Å². The van der Waals surface area contributed by atoms with Gasteiger partial charge in [-0.05, 0) is 38.0 Å². The second-order valence-electron chi connectivity index (χ2n) is 15.1. The molecule has 3 atom stereocenters. The van der Waals surface area contributed by atoms with E-state index in [1.807, 2.05) is 0 Å². The predicted molar refractivity (Wildman–Crippen MR) is 188 cm³/mol. The summed E-state index contributed by atoms with van der Waals surface area (Å²) in [5, 5.41) is 0. The van der Waals surface area contributed by atoms with Gasteiger partial charge >= 0.3 is 8.80 Å². The first-order valence-electron chi connectivity index (χ1n) is 19.0. The molecular formula is C37H78NO4Si+. The first-order valence-corrected chi connectivity index (χ1v) is 20.9. The quantitative estimate of drug-likeness (QED) is 0.0542. The Kier molecular flexibility index (Phi) is 24.0. The molecule has 0 amide bonds. The van der Waals surface area contributed by atoms with E-state index in [2.05, 4.69) is 55.6 Å². The molecule has 1 saturated heterocycles. The summed E-state index contributed by atoms with van der Waals surface area (Å²) in [6.07, 6.45) is 25.0. The van der Waals surface area contributed by atoms with Gasteiger partial charge in [0.2, 0.25) is 0 Å². The van der Waals surface area contributed by atoms with Crippen LogP contribution in [0.25, 0.3) is 0 Å². The van der Waals surface area contributed by atoms with E-state index in [4.69, 9.17) is 18.0 Å². The van der Waals surface area contributed by atoms with Crippen LogP contribution < -0.4 is 0 Å². The summed E-state index contributed by atoms with van der Waals surface area (Å²) in [5.41, 5.74) is 0. The third-order valence-corrected chi connectivity index (χ3v) is 12.4. The zero-order chi connectivity index (χ0) is 31.8. The van der Waals surface area contributed by atoms with Gasteiger partial charge in [0, 0.05) is 31.6 Å². The summed E-state index contributed by atoms with van der Waals surface area (Å²) in [6, 6.07) is 0.903. The minimum absolute atomic E-state index is 0.123. The molecule has 43 heavy (non-hydrogen) atoms. The van der Waals surface area contributed by atoms with E-state index >= 15 is 0 Å². The Morgan fingerprint density at radius 2 is 1.14 bits per heavy atom. The van der Waals surface area contributed by atoms with E-state index in [9.17, 15) is 0 Å². The highest BCUT2D eigenvalue weighted by atomic mass is 28.4. The van der Waals surface area contributed by atoms with Gasteiger partial charge in [-0.15, -0.1) is 0 Å². The maximum Gasteiger partial charge on any atom is 0.501 e. The molecule has 5 nitrogen and oxygen atoms in total. The fraction of sp³-hybridized carbons (Fsp3) is 1.00. The third kappa shape index (κ3) is 21.4. The van der Waals surface area contributed by atoms with E-state index in [-0.39, 0.29) is 6.10 Å². The van der Waals surface area contributed by atoms with Crippen LogP contribution >= 0.6 is 0 Å². The normalized spacial score (nSPS) is 22.2. The fourth-order valence-electron chi connectivity index (χ4n) is 6.34. The van der Waals surface area contributed by atoms with Crippen LogP contribution in [0.1, 0.15) is 157 Å². The Labute approximate surface area is 271 Å². The number of hydrogen-bond acceptors (Lipinski definition) is 4. The smallest absolute Gasteiger partial charge is 0.375 e. The molecule has 258 valence electrons. The van der Waals surface area contributed by atoms with E-state index in [1.165, 1.54) is 109 Å². The molecule has 1 aliphatic heterocycles. The van der Waals surface area contributed by atoms with Crippen LogP contribution in [0.15, 0.2) is 0 Å². The van der Waals surface area contributed by atoms with Crippen molar-refractivity contribution in [2.75, 3.05) is 53.6 Å². The van der Waals surface area contributed by atoms with E-state index in [1.54, 1.807) is 0 Å². The molecule has 0 aromatic rings. The monoisotopic (exact) mass is 629 g/mol. The molecule has 1 aliphatic rings. The zero-order valence-corrected chi connectivity index (χ0v) is 31.6. The highest BCUT2D eigenvalue weighted by Crippen LogP contribution is 2.26. The summed E-state index contributed by atoms with van der Waals surface area (Å²) in [4.78, 5) is 0. The van der Waals surface area contributed by atoms with E-state index in [0.717, 1.165) is 36.5 Å². The molecule has 1 heterocycles. The largest absolute Gasteiger partial charge is 0.501 e. The van der Waals surface area contributed by atoms with Crippen LogP contribution in [0.4, 0.5) is 0 Å². The lowest BCUT2D eigenvalue weighted by atomic mass is 9.98. The molecule has 0 aliphatic carbocycles. The highest BCUT2D eigenvalue weighted by molar-refractivity contribution is 6.60. The number of hydrogen-bond donors (Lipinski definition) is 0. The Morgan fingerprint density at radius 1 is 0.651 bits per heavy atom. The molecule has 6 heteroatoms. The van der Waals surface area contributed by atoms with Gasteiger partial charge in [-0.2, -0.15) is 0 Å². The van der Waals surface area contributed by atoms with Crippen LogP contribution in [0.2, 0.25) is 6.04 Å². The molecule has 1 rings (SSSR count). The maximum atomic E-state index is 6.63. The Balaban J connectivity index is 2.29. The van der Waals surface area contributed by atoms with Crippen molar-refractivity contribution in [1.82, 2.24) is 0 Å². The van der Waals surface area contributed by atoms with Gasteiger partial charge in [0.05, 0.1) is 46.5 Å². The summed E-state index contributed by atoms with van der Waals surface area (Å²) in [6.45, 7) is 18.5. The first-order chi connectivity index (χ1) is 20.6. The molecule has 0 N–H and O–H groups in total. The van der Waals surface area contributed by atoms with Crippen molar-refractivity contribution in [3.05, 3.63) is 0 Å². The lowest BCUT2D eigenvalue weighted by Gasteiger charge is -2.33. The molecule has 3 unspecified atom stereocenters. The van der Waals surface area contributed by atoms with Crippen molar-refractivity contribution >= 4 is 8.80 Å². The maximum absolute atomic E-state index is 6.63. The lowest BCUT2D eigenvalue weighted by molar-refractivity contribution is -0.890. The van der Waals surface area contributed by atoms with E-state index in [0.29, 0.717) is 37.6 Å². The Morgan fingerprint density at radius 3 is 1.63 bits per heavy atom. The van der Waals surface area contributed by atoms with Crippen molar-refractivity contribution < 1.29 is 22.5 Å². The summed E-state index contributed by atoms with van der Waals surface area (Å²) < 4.78 is 27.1. The van der Waals surface area contributed by atoms with Gasteiger partial charge in [-0.3, -0.25) is 0 Å². The molecule has 0 bridgehead atoms. The molecular weight excluding hydrogens is 550 g/mol. The molecule has 0 saturated carbocycles. The van der Waals surface area contributed by atoms with Gasteiger partial charge in [0.1, 0.15) is 0 Å². The van der Waals surface area contributed by atoms with Crippen LogP contribution in [-0.4, -0.2) is 73.0 Å². The van der Waals surface area contributed by atoms with Gasteiger partial charge in [-0.1, -0.05) is 125 Å². The second kappa shape index (κ2) is 25.1. The zero-order valence-electron chi connectivity index (χ0n) is 30.6. The molecule has 0 spiro atoms. The Bertz CT molecular complexity index is 632. The summed E-state index contributed by atoms with van der Waals surface area (Å²) in [7, 11) is 2.05. The van der Waals surface area contributed by atoms with E-state index < -0.39 is 8.80 Å². The predicted octanol–water partition coefficient (Wildman–Crippen LogP) is 10.4. The highest BCUT2D eigenvalue weighted by Gasteiger charge is 2.43. The van der Waals surface area contributed by atoms with Crippen molar-refractivity contribution in [2.45, 2.75) is 169 Å². The topological polar surface area (TPSA) is 36.9 Å². The van der Waals surface area contributed by atoms with Crippen molar-refractivity contribution in [3.63, 3.8) is 0 Å². The minimum Gasteiger partial charge on any atom is -0.375 e.